The lowest BCUT2D eigenvalue weighted by molar-refractivity contribution is -0.118. The third kappa shape index (κ3) is 3.67. The van der Waals surface area contributed by atoms with Crippen molar-refractivity contribution in [2.24, 2.45) is 11.6 Å². The zero-order valence-electron chi connectivity index (χ0n) is 11.5. The third-order valence-electron chi connectivity index (χ3n) is 3.02. The molecule has 0 spiro atoms. The van der Waals surface area contributed by atoms with E-state index in [1.165, 1.54) is 0 Å². The SMILES string of the molecule is CC(CC(N)=O)Nc1nc(NN)nc(N2CCCC2)n1. The molecule has 1 aliphatic rings. The minimum Gasteiger partial charge on any atom is -0.370 e. The maximum Gasteiger partial charge on any atom is 0.243 e. The first-order valence-electron chi connectivity index (χ1n) is 6.61. The summed E-state index contributed by atoms with van der Waals surface area (Å²) in [5.74, 6) is 6.24. The highest BCUT2D eigenvalue weighted by molar-refractivity contribution is 5.74. The number of hydrogen-bond donors (Lipinski definition) is 4. The molecular formula is C11H20N8O. The molecule has 1 saturated heterocycles. The summed E-state index contributed by atoms with van der Waals surface area (Å²) < 4.78 is 0. The summed E-state index contributed by atoms with van der Waals surface area (Å²) in [6.07, 6.45) is 2.45. The molecule has 1 atom stereocenters. The number of hydrogen-bond acceptors (Lipinski definition) is 8. The predicted octanol–water partition coefficient (Wildman–Crippen LogP) is -0.567. The Hall–Kier alpha value is -2.16. The molecule has 2 heterocycles. The fraction of sp³-hybridized carbons (Fsp3) is 0.636. The lowest BCUT2D eigenvalue weighted by Gasteiger charge is -2.18. The van der Waals surface area contributed by atoms with Gasteiger partial charge in [-0.3, -0.25) is 10.2 Å². The van der Waals surface area contributed by atoms with Crippen molar-refractivity contribution in [3.05, 3.63) is 0 Å². The molecule has 0 saturated carbocycles. The number of nitrogens with zero attached hydrogens (tertiary/aromatic N) is 4. The fourth-order valence-electron chi connectivity index (χ4n) is 2.13. The van der Waals surface area contributed by atoms with Crippen LogP contribution in [0.1, 0.15) is 26.2 Å². The number of anilines is 3. The van der Waals surface area contributed by atoms with E-state index in [1.807, 2.05) is 6.92 Å². The molecule has 110 valence electrons. The topological polar surface area (TPSA) is 135 Å². The Labute approximate surface area is 117 Å². The molecular weight excluding hydrogens is 260 g/mol. The molecule has 1 fully saturated rings. The van der Waals surface area contributed by atoms with E-state index in [0.717, 1.165) is 25.9 Å². The largest absolute Gasteiger partial charge is 0.370 e. The van der Waals surface area contributed by atoms with Gasteiger partial charge in [0.1, 0.15) is 0 Å². The second-order valence-corrected chi connectivity index (χ2v) is 4.84. The van der Waals surface area contributed by atoms with Gasteiger partial charge in [-0.25, -0.2) is 5.84 Å². The van der Waals surface area contributed by atoms with E-state index in [0.29, 0.717) is 11.9 Å². The highest BCUT2D eigenvalue weighted by atomic mass is 16.1. The Morgan fingerprint density at radius 2 is 1.95 bits per heavy atom. The highest BCUT2D eigenvalue weighted by Crippen LogP contribution is 2.18. The second-order valence-electron chi connectivity index (χ2n) is 4.84. The van der Waals surface area contributed by atoms with Gasteiger partial charge in [0, 0.05) is 25.6 Å². The summed E-state index contributed by atoms with van der Waals surface area (Å²) in [4.78, 5) is 25.7. The van der Waals surface area contributed by atoms with Crippen LogP contribution in [0.2, 0.25) is 0 Å². The highest BCUT2D eigenvalue weighted by Gasteiger charge is 2.18. The van der Waals surface area contributed by atoms with E-state index in [2.05, 4.69) is 30.6 Å². The number of primary amides is 1. The van der Waals surface area contributed by atoms with Crippen LogP contribution < -0.4 is 27.2 Å². The van der Waals surface area contributed by atoms with Crippen molar-refractivity contribution in [3.63, 3.8) is 0 Å². The van der Waals surface area contributed by atoms with Crippen LogP contribution in [-0.2, 0) is 4.79 Å². The summed E-state index contributed by atoms with van der Waals surface area (Å²) in [5, 5.41) is 3.03. The number of carbonyl (C=O) groups excluding carboxylic acids is 1. The number of amides is 1. The summed E-state index contributed by atoms with van der Waals surface area (Å²) in [7, 11) is 0. The number of carbonyl (C=O) groups is 1. The van der Waals surface area contributed by atoms with Crippen LogP contribution in [0.15, 0.2) is 0 Å². The molecule has 9 nitrogen and oxygen atoms in total. The molecule has 2 rings (SSSR count). The third-order valence-corrected chi connectivity index (χ3v) is 3.02. The molecule has 1 aromatic heterocycles. The summed E-state index contributed by atoms with van der Waals surface area (Å²) in [6.45, 7) is 3.67. The van der Waals surface area contributed by atoms with Crippen molar-refractivity contribution in [2.45, 2.75) is 32.2 Å². The maximum atomic E-state index is 10.9. The predicted molar refractivity (Wildman–Crippen MR) is 76.0 cm³/mol. The fourth-order valence-corrected chi connectivity index (χ4v) is 2.13. The van der Waals surface area contributed by atoms with E-state index >= 15 is 0 Å². The maximum absolute atomic E-state index is 10.9. The van der Waals surface area contributed by atoms with E-state index < -0.39 is 0 Å². The average Bonchev–Trinajstić information content (AvgIpc) is 2.91. The standard InChI is InChI=1S/C11H20N8O/c1-7(6-8(12)20)14-9-15-10(18-13)17-11(16-9)19-4-2-3-5-19/h7H,2-6,13H2,1H3,(H2,12,20)(H2,14,15,16,17,18). The minimum absolute atomic E-state index is 0.160. The Morgan fingerprint density at radius 3 is 2.55 bits per heavy atom. The number of rotatable bonds is 6. The quantitative estimate of drug-likeness (QED) is 0.402. The molecule has 9 heteroatoms. The first-order chi connectivity index (χ1) is 9.58. The van der Waals surface area contributed by atoms with Crippen LogP contribution in [0.5, 0.6) is 0 Å². The molecule has 6 N–H and O–H groups in total. The second kappa shape index (κ2) is 6.33. The van der Waals surface area contributed by atoms with Gasteiger partial charge in [0.2, 0.25) is 23.8 Å². The number of nitrogen functional groups attached to an aromatic ring is 1. The molecule has 0 aromatic carbocycles. The van der Waals surface area contributed by atoms with Crippen molar-refractivity contribution in [3.8, 4) is 0 Å². The Balaban J connectivity index is 2.14. The Kier molecular flexibility index (Phi) is 4.51. The van der Waals surface area contributed by atoms with Gasteiger partial charge in [-0.2, -0.15) is 15.0 Å². The lowest BCUT2D eigenvalue weighted by Crippen LogP contribution is -2.27. The van der Waals surface area contributed by atoms with Crippen LogP contribution in [0.3, 0.4) is 0 Å². The van der Waals surface area contributed by atoms with Crippen molar-refractivity contribution in [2.75, 3.05) is 28.7 Å². The normalized spacial score (nSPS) is 16.0. The van der Waals surface area contributed by atoms with E-state index in [9.17, 15) is 4.79 Å². The first-order valence-corrected chi connectivity index (χ1v) is 6.61. The van der Waals surface area contributed by atoms with Crippen LogP contribution in [0, 0.1) is 0 Å². The van der Waals surface area contributed by atoms with Gasteiger partial charge < -0.3 is 16.0 Å². The Bertz CT molecular complexity index is 473. The number of aromatic nitrogens is 3. The molecule has 20 heavy (non-hydrogen) atoms. The number of hydrazine groups is 1. The molecule has 1 aliphatic heterocycles. The van der Waals surface area contributed by atoms with Gasteiger partial charge in [-0.05, 0) is 19.8 Å². The van der Waals surface area contributed by atoms with Gasteiger partial charge in [-0.1, -0.05) is 0 Å². The van der Waals surface area contributed by atoms with Crippen molar-refractivity contribution >= 4 is 23.8 Å². The number of nitrogens with one attached hydrogen (secondary N) is 2. The van der Waals surface area contributed by atoms with Gasteiger partial charge in [-0.15, -0.1) is 0 Å². The summed E-state index contributed by atoms with van der Waals surface area (Å²) in [6, 6.07) is -0.160. The van der Waals surface area contributed by atoms with Crippen LogP contribution in [0.4, 0.5) is 17.8 Å². The van der Waals surface area contributed by atoms with Gasteiger partial charge in [0.05, 0.1) is 0 Å². The molecule has 1 aromatic rings. The zero-order valence-corrected chi connectivity index (χ0v) is 11.5. The van der Waals surface area contributed by atoms with Crippen LogP contribution in [-0.4, -0.2) is 40.0 Å². The molecule has 0 aliphatic carbocycles. The van der Waals surface area contributed by atoms with E-state index in [4.69, 9.17) is 11.6 Å². The van der Waals surface area contributed by atoms with Crippen molar-refractivity contribution in [1.29, 1.82) is 0 Å². The van der Waals surface area contributed by atoms with Gasteiger partial charge >= 0.3 is 0 Å². The van der Waals surface area contributed by atoms with Gasteiger partial charge in [0.15, 0.2) is 0 Å². The smallest absolute Gasteiger partial charge is 0.243 e. The van der Waals surface area contributed by atoms with Crippen molar-refractivity contribution < 1.29 is 4.79 Å². The average molecular weight is 280 g/mol. The minimum atomic E-state index is -0.379. The van der Waals surface area contributed by atoms with Crippen LogP contribution >= 0.6 is 0 Å². The van der Waals surface area contributed by atoms with Gasteiger partial charge in [0.25, 0.3) is 0 Å². The lowest BCUT2D eigenvalue weighted by atomic mass is 10.2. The summed E-state index contributed by atoms with van der Waals surface area (Å²) in [5.41, 5.74) is 7.58. The molecule has 1 unspecified atom stereocenters. The zero-order chi connectivity index (χ0) is 14.5. The molecule has 1 amide bonds. The molecule has 0 bridgehead atoms. The van der Waals surface area contributed by atoms with E-state index in [-0.39, 0.29) is 24.3 Å². The number of nitrogens with two attached hydrogens (primary N) is 2. The Morgan fingerprint density at radius 1 is 1.30 bits per heavy atom. The van der Waals surface area contributed by atoms with Crippen LogP contribution in [0.25, 0.3) is 0 Å². The first kappa shape index (κ1) is 14.3. The summed E-state index contributed by atoms with van der Waals surface area (Å²) >= 11 is 0. The molecule has 0 radical (unpaired) electrons. The monoisotopic (exact) mass is 280 g/mol. The van der Waals surface area contributed by atoms with Crippen molar-refractivity contribution in [1.82, 2.24) is 15.0 Å². The van der Waals surface area contributed by atoms with E-state index in [1.54, 1.807) is 0 Å².